The third-order valence-corrected chi connectivity index (χ3v) is 2.22. The number of ether oxygens (including phenoxy) is 2. The molecule has 16 heavy (non-hydrogen) atoms. The van der Waals surface area contributed by atoms with Gasteiger partial charge in [0, 0.05) is 13.0 Å². The van der Waals surface area contributed by atoms with E-state index in [1.54, 1.807) is 26.6 Å². The monoisotopic (exact) mass is 245 g/mol. The summed E-state index contributed by atoms with van der Waals surface area (Å²) in [5.41, 5.74) is 0. The normalized spacial score (nSPS) is 12.2. The quantitative estimate of drug-likeness (QED) is 0.739. The van der Waals surface area contributed by atoms with E-state index < -0.39 is 0 Å². The lowest BCUT2D eigenvalue weighted by Crippen LogP contribution is -2.26. The van der Waals surface area contributed by atoms with Crippen molar-refractivity contribution in [2.24, 2.45) is 0 Å². The number of nitrogens with zero attached hydrogens (tertiary/aromatic N) is 2. The third-order valence-electron chi connectivity index (χ3n) is 2.00. The van der Waals surface area contributed by atoms with Crippen LogP contribution in [-0.2, 0) is 4.74 Å². The van der Waals surface area contributed by atoms with Gasteiger partial charge in [-0.1, -0.05) is 0 Å². The second-order valence-corrected chi connectivity index (χ2v) is 3.60. The first-order chi connectivity index (χ1) is 7.80. The highest BCUT2D eigenvalue weighted by molar-refractivity contribution is 6.17. The number of alkyl halides is 1. The molecule has 0 spiro atoms. The van der Waals surface area contributed by atoms with Crippen LogP contribution in [0.25, 0.3) is 0 Å². The maximum Gasteiger partial charge on any atom is 0.233 e. The Hall–Kier alpha value is -1.07. The van der Waals surface area contributed by atoms with Crippen LogP contribution in [0.5, 0.6) is 5.88 Å². The molecule has 0 fully saturated rings. The van der Waals surface area contributed by atoms with Crippen LogP contribution >= 0.6 is 11.6 Å². The van der Waals surface area contributed by atoms with Crippen LogP contribution in [0, 0.1) is 0 Å². The van der Waals surface area contributed by atoms with Crippen LogP contribution in [0.15, 0.2) is 12.4 Å². The summed E-state index contributed by atoms with van der Waals surface area (Å²) in [4.78, 5) is 8.21. The zero-order valence-corrected chi connectivity index (χ0v) is 10.2. The molecule has 90 valence electrons. The summed E-state index contributed by atoms with van der Waals surface area (Å²) in [6, 6.07) is 0.129. The molecule has 1 rings (SSSR count). The van der Waals surface area contributed by atoms with Crippen LogP contribution in [0.3, 0.4) is 0 Å². The summed E-state index contributed by atoms with van der Waals surface area (Å²) >= 11 is 5.70. The summed E-state index contributed by atoms with van der Waals surface area (Å²) in [6.07, 6.45) is 3.99. The molecular formula is C10H16ClN3O2. The van der Waals surface area contributed by atoms with Crippen LogP contribution in [0.2, 0.25) is 0 Å². The van der Waals surface area contributed by atoms with Crippen molar-refractivity contribution in [3.8, 4) is 5.88 Å². The largest absolute Gasteiger partial charge is 0.480 e. The van der Waals surface area contributed by atoms with Crippen molar-refractivity contribution in [1.29, 1.82) is 0 Å². The molecular weight excluding hydrogens is 230 g/mol. The zero-order valence-electron chi connectivity index (χ0n) is 9.44. The Morgan fingerprint density at radius 3 is 2.88 bits per heavy atom. The SMILES string of the molecule is COCC(CCCl)Nc1cncc(OC)n1. The average molecular weight is 246 g/mol. The topological polar surface area (TPSA) is 56.3 Å². The molecule has 0 aliphatic carbocycles. The van der Waals surface area contributed by atoms with E-state index in [0.29, 0.717) is 24.2 Å². The minimum atomic E-state index is 0.129. The number of anilines is 1. The second-order valence-electron chi connectivity index (χ2n) is 3.22. The standard InChI is InChI=1S/C10H16ClN3O2/c1-15-7-8(3-4-11)13-9-5-12-6-10(14-9)16-2/h5-6,8H,3-4,7H2,1-2H3,(H,13,14). The minimum absolute atomic E-state index is 0.129. The van der Waals surface area contributed by atoms with Crippen molar-refractivity contribution >= 4 is 17.4 Å². The Kier molecular flexibility index (Phi) is 5.88. The molecule has 1 heterocycles. The van der Waals surface area contributed by atoms with Gasteiger partial charge in [-0.15, -0.1) is 11.6 Å². The number of halogens is 1. The predicted molar refractivity (Wildman–Crippen MR) is 63.2 cm³/mol. The van der Waals surface area contributed by atoms with Gasteiger partial charge in [0.15, 0.2) is 0 Å². The summed E-state index contributed by atoms with van der Waals surface area (Å²) in [6.45, 7) is 0.575. The summed E-state index contributed by atoms with van der Waals surface area (Å²) in [5, 5.41) is 3.19. The molecule has 1 aromatic rings. The van der Waals surface area contributed by atoms with Crippen molar-refractivity contribution in [3.63, 3.8) is 0 Å². The van der Waals surface area contributed by atoms with Gasteiger partial charge in [-0.3, -0.25) is 4.98 Å². The molecule has 0 bridgehead atoms. The number of rotatable bonds is 7. The van der Waals surface area contributed by atoms with Crippen molar-refractivity contribution in [2.75, 3.05) is 32.0 Å². The molecule has 1 aromatic heterocycles. The molecule has 0 aliphatic heterocycles. The van der Waals surface area contributed by atoms with Gasteiger partial charge in [0.2, 0.25) is 5.88 Å². The predicted octanol–water partition coefficient (Wildman–Crippen LogP) is 1.54. The van der Waals surface area contributed by atoms with Gasteiger partial charge in [0.25, 0.3) is 0 Å². The number of nitrogens with one attached hydrogen (secondary N) is 1. The molecule has 5 nitrogen and oxygen atoms in total. The molecule has 0 aromatic carbocycles. The van der Waals surface area contributed by atoms with E-state index in [2.05, 4.69) is 15.3 Å². The Bertz CT molecular complexity index is 306. The van der Waals surface area contributed by atoms with E-state index in [-0.39, 0.29) is 6.04 Å². The number of methoxy groups -OCH3 is 2. The van der Waals surface area contributed by atoms with E-state index in [9.17, 15) is 0 Å². The van der Waals surface area contributed by atoms with E-state index in [0.717, 1.165) is 6.42 Å². The molecule has 1 unspecified atom stereocenters. The van der Waals surface area contributed by atoms with Gasteiger partial charge in [-0.2, -0.15) is 4.98 Å². The fourth-order valence-electron chi connectivity index (χ4n) is 1.26. The summed E-state index contributed by atoms with van der Waals surface area (Å²) in [5.74, 6) is 1.71. The highest BCUT2D eigenvalue weighted by Gasteiger charge is 2.09. The van der Waals surface area contributed by atoms with Gasteiger partial charge in [-0.25, -0.2) is 0 Å². The third kappa shape index (κ3) is 4.20. The van der Waals surface area contributed by atoms with Gasteiger partial charge >= 0.3 is 0 Å². The smallest absolute Gasteiger partial charge is 0.233 e. The molecule has 0 aliphatic rings. The second kappa shape index (κ2) is 7.24. The first kappa shape index (κ1) is 13.0. The lowest BCUT2D eigenvalue weighted by molar-refractivity contribution is 0.184. The summed E-state index contributed by atoms with van der Waals surface area (Å²) < 4.78 is 10.1. The number of hydrogen-bond acceptors (Lipinski definition) is 5. The van der Waals surface area contributed by atoms with Gasteiger partial charge in [-0.05, 0) is 6.42 Å². The van der Waals surface area contributed by atoms with Crippen LogP contribution in [-0.4, -0.2) is 42.7 Å². The van der Waals surface area contributed by atoms with Gasteiger partial charge in [0.05, 0.1) is 32.2 Å². The Morgan fingerprint density at radius 1 is 1.44 bits per heavy atom. The van der Waals surface area contributed by atoms with E-state index in [4.69, 9.17) is 21.1 Å². The lowest BCUT2D eigenvalue weighted by Gasteiger charge is -2.17. The molecule has 1 atom stereocenters. The minimum Gasteiger partial charge on any atom is -0.480 e. The van der Waals surface area contributed by atoms with Crippen LogP contribution in [0.1, 0.15) is 6.42 Å². The van der Waals surface area contributed by atoms with Crippen LogP contribution in [0.4, 0.5) is 5.82 Å². The first-order valence-electron chi connectivity index (χ1n) is 4.97. The molecule has 1 N–H and O–H groups in total. The molecule has 0 saturated carbocycles. The van der Waals surface area contributed by atoms with E-state index >= 15 is 0 Å². The highest BCUT2D eigenvalue weighted by Crippen LogP contribution is 2.10. The molecule has 0 amide bonds. The average Bonchev–Trinajstić information content (AvgIpc) is 2.30. The highest BCUT2D eigenvalue weighted by atomic mass is 35.5. The Labute approximate surface area is 100 Å². The maximum atomic E-state index is 5.70. The van der Waals surface area contributed by atoms with Gasteiger partial charge < -0.3 is 14.8 Å². The molecule has 0 radical (unpaired) electrons. The fraction of sp³-hybridized carbons (Fsp3) is 0.600. The number of hydrogen-bond donors (Lipinski definition) is 1. The summed E-state index contributed by atoms with van der Waals surface area (Å²) in [7, 11) is 3.21. The van der Waals surface area contributed by atoms with Crippen molar-refractivity contribution < 1.29 is 9.47 Å². The fourth-order valence-corrected chi connectivity index (χ4v) is 1.52. The van der Waals surface area contributed by atoms with Crippen molar-refractivity contribution in [2.45, 2.75) is 12.5 Å². The Morgan fingerprint density at radius 2 is 2.25 bits per heavy atom. The molecule has 6 heteroatoms. The van der Waals surface area contributed by atoms with Crippen molar-refractivity contribution in [3.05, 3.63) is 12.4 Å². The van der Waals surface area contributed by atoms with E-state index in [1.165, 1.54) is 0 Å². The van der Waals surface area contributed by atoms with Crippen LogP contribution < -0.4 is 10.1 Å². The number of aromatic nitrogens is 2. The lowest BCUT2D eigenvalue weighted by atomic mass is 10.2. The first-order valence-corrected chi connectivity index (χ1v) is 5.51. The molecule has 0 saturated heterocycles. The zero-order chi connectivity index (χ0) is 11.8. The van der Waals surface area contributed by atoms with Gasteiger partial charge in [0.1, 0.15) is 5.82 Å². The Balaban J connectivity index is 2.60. The van der Waals surface area contributed by atoms with E-state index in [1.807, 2.05) is 0 Å². The maximum absolute atomic E-state index is 5.70. The van der Waals surface area contributed by atoms with Crippen molar-refractivity contribution in [1.82, 2.24) is 9.97 Å².